The van der Waals surface area contributed by atoms with E-state index in [1.54, 1.807) is 6.07 Å². The molecule has 1 aromatic carbocycles. The number of nitrogens with zero attached hydrogens (tertiary/aromatic N) is 1. The van der Waals surface area contributed by atoms with Crippen molar-refractivity contribution in [2.24, 2.45) is 5.73 Å². The van der Waals surface area contributed by atoms with Crippen LogP contribution < -0.4 is 5.73 Å². The predicted octanol–water partition coefficient (Wildman–Crippen LogP) is 1.53. The fraction of sp³-hybridized carbons (Fsp3) is 0.571. The molecular weight excluding hydrogens is 212 g/mol. The largest absolute Gasteiger partial charge is 0.508 e. The van der Waals surface area contributed by atoms with E-state index in [0.717, 1.165) is 37.8 Å². The van der Waals surface area contributed by atoms with Crippen molar-refractivity contribution < 1.29 is 5.11 Å². The number of benzene rings is 1. The molecular formula is C14H22N2O. The topological polar surface area (TPSA) is 49.5 Å². The summed E-state index contributed by atoms with van der Waals surface area (Å²) in [6, 6.07) is 5.90. The first-order chi connectivity index (χ1) is 7.98. The van der Waals surface area contributed by atoms with E-state index in [1.807, 2.05) is 6.07 Å². The Balaban J connectivity index is 2.06. The normalized spacial score (nSPS) is 17.4. The maximum atomic E-state index is 9.84. The molecule has 0 unspecified atom stereocenters. The maximum Gasteiger partial charge on any atom is 0.118 e. The molecule has 0 radical (unpaired) electrons. The number of nitrogens with two attached hydrogens (primary N) is 1. The van der Waals surface area contributed by atoms with E-state index in [1.165, 1.54) is 5.56 Å². The highest BCUT2D eigenvalue weighted by Crippen LogP contribution is 2.37. The van der Waals surface area contributed by atoms with Gasteiger partial charge in [0.15, 0.2) is 0 Å². The summed E-state index contributed by atoms with van der Waals surface area (Å²) in [6.07, 6.45) is 3.97. The van der Waals surface area contributed by atoms with Gasteiger partial charge in [-0.25, -0.2) is 0 Å². The summed E-state index contributed by atoms with van der Waals surface area (Å²) < 4.78 is 0. The van der Waals surface area contributed by atoms with E-state index >= 15 is 0 Å². The summed E-state index contributed by atoms with van der Waals surface area (Å²) in [7, 11) is 4.14. The average molecular weight is 234 g/mol. The SMILES string of the molecule is CN(C)CCc1ccc(O)c(CC2(N)CC2)c1. The molecule has 1 aliphatic carbocycles. The number of rotatable bonds is 5. The minimum Gasteiger partial charge on any atom is -0.508 e. The molecule has 3 heteroatoms. The van der Waals surface area contributed by atoms with Gasteiger partial charge in [-0.3, -0.25) is 0 Å². The highest BCUT2D eigenvalue weighted by atomic mass is 16.3. The van der Waals surface area contributed by atoms with Crippen LogP contribution in [0.25, 0.3) is 0 Å². The zero-order chi connectivity index (χ0) is 12.5. The third-order valence-corrected chi connectivity index (χ3v) is 3.43. The van der Waals surface area contributed by atoms with Gasteiger partial charge in [0.2, 0.25) is 0 Å². The van der Waals surface area contributed by atoms with Crippen LogP contribution in [-0.2, 0) is 12.8 Å². The molecule has 1 fully saturated rings. The third kappa shape index (κ3) is 3.45. The molecule has 94 valence electrons. The number of phenolic OH excluding ortho intramolecular Hbond substituents is 1. The third-order valence-electron chi connectivity index (χ3n) is 3.43. The van der Waals surface area contributed by atoms with Gasteiger partial charge in [-0.1, -0.05) is 12.1 Å². The standard InChI is InChI=1S/C14H22N2O/c1-16(2)8-5-11-3-4-13(17)12(9-11)10-14(15)6-7-14/h3-4,9,17H,5-8,10,15H2,1-2H3. The lowest BCUT2D eigenvalue weighted by molar-refractivity contribution is 0.413. The van der Waals surface area contributed by atoms with Crippen LogP contribution >= 0.6 is 0 Å². The van der Waals surface area contributed by atoms with Crippen LogP contribution in [0.2, 0.25) is 0 Å². The summed E-state index contributed by atoms with van der Waals surface area (Å²) in [5, 5.41) is 9.84. The van der Waals surface area contributed by atoms with E-state index < -0.39 is 0 Å². The Morgan fingerprint density at radius 3 is 2.65 bits per heavy atom. The highest BCUT2D eigenvalue weighted by Gasteiger charge is 2.38. The van der Waals surface area contributed by atoms with E-state index in [9.17, 15) is 5.11 Å². The number of phenols is 1. The molecule has 0 bridgehead atoms. The number of aromatic hydroxyl groups is 1. The van der Waals surface area contributed by atoms with E-state index in [0.29, 0.717) is 5.75 Å². The first-order valence-corrected chi connectivity index (χ1v) is 6.23. The highest BCUT2D eigenvalue weighted by molar-refractivity contribution is 5.38. The van der Waals surface area contributed by atoms with Gasteiger partial charge in [0.05, 0.1) is 0 Å². The summed E-state index contributed by atoms with van der Waals surface area (Å²) in [5.41, 5.74) is 8.33. The number of likely N-dealkylation sites (N-methyl/N-ethyl adjacent to an activating group) is 1. The van der Waals surface area contributed by atoms with E-state index in [4.69, 9.17) is 5.73 Å². The van der Waals surface area contributed by atoms with Crippen molar-refractivity contribution in [2.75, 3.05) is 20.6 Å². The Kier molecular flexibility index (Phi) is 3.40. The first-order valence-electron chi connectivity index (χ1n) is 6.23. The van der Waals surface area contributed by atoms with Crippen LogP contribution in [-0.4, -0.2) is 36.2 Å². The second kappa shape index (κ2) is 4.67. The lowest BCUT2D eigenvalue weighted by Crippen LogP contribution is -2.24. The molecule has 0 saturated heterocycles. The average Bonchev–Trinajstić information content (AvgIpc) is 2.97. The van der Waals surface area contributed by atoms with Crippen molar-refractivity contribution in [3.8, 4) is 5.75 Å². The molecule has 0 amide bonds. The van der Waals surface area contributed by atoms with Gasteiger partial charge in [0.25, 0.3) is 0 Å². The van der Waals surface area contributed by atoms with Crippen molar-refractivity contribution in [1.29, 1.82) is 0 Å². The zero-order valence-electron chi connectivity index (χ0n) is 10.7. The summed E-state index contributed by atoms with van der Waals surface area (Å²) >= 11 is 0. The molecule has 1 aliphatic rings. The minimum atomic E-state index is -0.0440. The van der Waals surface area contributed by atoms with E-state index in [2.05, 4.69) is 25.1 Å². The molecule has 2 rings (SSSR count). The lowest BCUT2D eigenvalue weighted by Gasteiger charge is -2.13. The molecule has 0 atom stereocenters. The quantitative estimate of drug-likeness (QED) is 0.812. The van der Waals surface area contributed by atoms with Gasteiger partial charge >= 0.3 is 0 Å². The molecule has 1 aromatic rings. The van der Waals surface area contributed by atoms with Crippen molar-refractivity contribution in [3.63, 3.8) is 0 Å². The monoisotopic (exact) mass is 234 g/mol. The summed E-state index contributed by atoms with van der Waals surface area (Å²) in [4.78, 5) is 2.16. The molecule has 0 heterocycles. The van der Waals surface area contributed by atoms with Crippen LogP contribution in [0.1, 0.15) is 24.0 Å². The van der Waals surface area contributed by atoms with Crippen LogP contribution in [0.5, 0.6) is 5.75 Å². The fourth-order valence-corrected chi connectivity index (χ4v) is 2.01. The molecule has 0 aliphatic heterocycles. The number of hydrogen-bond donors (Lipinski definition) is 2. The second-order valence-corrected chi connectivity index (χ2v) is 5.56. The summed E-state index contributed by atoms with van der Waals surface area (Å²) in [6.45, 7) is 1.03. The van der Waals surface area contributed by atoms with Crippen molar-refractivity contribution in [1.82, 2.24) is 4.90 Å². The Hall–Kier alpha value is -1.06. The van der Waals surface area contributed by atoms with Crippen molar-refractivity contribution >= 4 is 0 Å². The molecule has 0 aromatic heterocycles. The molecule has 0 spiro atoms. The molecule has 3 nitrogen and oxygen atoms in total. The Morgan fingerprint density at radius 2 is 2.06 bits per heavy atom. The van der Waals surface area contributed by atoms with Crippen molar-refractivity contribution in [2.45, 2.75) is 31.2 Å². The second-order valence-electron chi connectivity index (χ2n) is 5.56. The van der Waals surface area contributed by atoms with Gasteiger partial charge in [0.1, 0.15) is 5.75 Å². The Labute approximate surface area is 103 Å². The fourth-order valence-electron chi connectivity index (χ4n) is 2.01. The van der Waals surface area contributed by atoms with Crippen LogP contribution in [0.4, 0.5) is 0 Å². The minimum absolute atomic E-state index is 0.0440. The maximum absolute atomic E-state index is 9.84. The van der Waals surface area contributed by atoms with E-state index in [-0.39, 0.29) is 5.54 Å². The molecule has 1 saturated carbocycles. The van der Waals surface area contributed by atoms with Gasteiger partial charge in [-0.2, -0.15) is 0 Å². The first kappa shape index (κ1) is 12.4. The van der Waals surface area contributed by atoms with Crippen molar-refractivity contribution in [3.05, 3.63) is 29.3 Å². The van der Waals surface area contributed by atoms with Gasteiger partial charge < -0.3 is 15.7 Å². The predicted molar refractivity (Wildman–Crippen MR) is 70.2 cm³/mol. The number of hydrogen-bond acceptors (Lipinski definition) is 3. The smallest absolute Gasteiger partial charge is 0.118 e. The van der Waals surface area contributed by atoms with Gasteiger partial charge in [0, 0.05) is 12.1 Å². The van der Waals surface area contributed by atoms with Crippen LogP contribution in [0.15, 0.2) is 18.2 Å². The molecule has 17 heavy (non-hydrogen) atoms. The van der Waals surface area contributed by atoms with Crippen LogP contribution in [0, 0.1) is 0 Å². The Morgan fingerprint density at radius 1 is 1.35 bits per heavy atom. The van der Waals surface area contributed by atoms with Crippen LogP contribution in [0.3, 0.4) is 0 Å². The van der Waals surface area contributed by atoms with Gasteiger partial charge in [-0.05, 0) is 57.0 Å². The zero-order valence-corrected chi connectivity index (χ0v) is 10.7. The summed E-state index contributed by atoms with van der Waals surface area (Å²) in [5.74, 6) is 0.385. The Bertz CT molecular complexity index is 397. The van der Waals surface area contributed by atoms with Gasteiger partial charge in [-0.15, -0.1) is 0 Å². The molecule has 3 N–H and O–H groups in total. The lowest BCUT2D eigenvalue weighted by atomic mass is 10.00.